The van der Waals surface area contributed by atoms with Crippen LogP contribution in [0.5, 0.6) is 46.0 Å². The number of aryl methyl sites for hydroxylation is 4. The molecule has 0 spiro atoms. The van der Waals surface area contributed by atoms with Gasteiger partial charge < -0.3 is 47.4 Å². The molecule has 4 amide bonds. The zero-order chi connectivity index (χ0) is 71.1. The van der Waals surface area contributed by atoms with Crippen molar-refractivity contribution in [2.24, 2.45) is 0 Å². The number of esters is 4. The number of carbonyl (C=O) groups excluding carboxylic acids is 8. The molecule has 11 rings (SSSR count). The third kappa shape index (κ3) is 14.4. The summed E-state index contributed by atoms with van der Waals surface area (Å²) in [7, 11) is 0. The van der Waals surface area contributed by atoms with Gasteiger partial charge in [-0.3, -0.25) is 29.0 Å². The zero-order valence-corrected chi connectivity index (χ0v) is 57.5. The number of rotatable bonds is 32. The molecule has 2 aliphatic rings. The van der Waals surface area contributed by atoms with Gasteiger partial charge in [0.1, 0.15) is 94.6 Å². The van der Waals surface area contributed by atoms with Crippen LogP contribution in [0.2, 0.25) is 0 Å². The normalized spacial score (nSPS) is 13.2. The minimum Gasteiger partial charge on any atom is -0.461 e. The number of nitrogens with zero attached hydrogens (tertiary/aromatic N) is 2. The molecule has 0 fully saturated rings. The van der Waals surface area contributed by atoms with Gasteiger partial charge in [0.05, 0.1) is 22.3 Å². The highest BCUT2D eigenvalue weighted by atomic mass is 35.5. The first-order valence-corrected chi connectivity index (χ1v) is 33.8. The Balaban J connectivity index is 1.27. The smallest absolute Gasteiger partial charge is 0.349 e. The summed E-state index contributed by atoms with van der Waals surface area (Å²) in [6.07, 6.45) is 2.27. The number of halogens is 2. The van der Waals surface area contributed by atoms with E-state index in [0.717, 1.165) is 32.1 Å². The Bertz CT molecular complexity index is 4180. The Morgan fingerprint density at radius 2 is 0.610 bits per heavy atom. The van der Waals surface area contributed by atoms with Gasteiger partial charge in [-0.25, -0.2) is 19.2 Å². The Hall–Kier alpha value is -10.4. The SMILES string of the molecule is C=C(Cl)C(=O)OCCOC(=O)C(CCOCC)N1C(=O)c2cc(Oc3ccc(CC)cc3)c3c4c(Oc5ccc(CC)cc5)cc5c6c(cc(Oc7ccc(CC)cc7)c(c7c(Oc8ccc(CC)cc8)cc(c2c37)C1=O)c64)C(=O)N(C(CCOCC)C(=O)OCCOC(=O)C(=C)Cl)C5=O. The van der Waals surface area contributed by atoms with Gasteiger partial charge in [0, 0.05) is 82.4 Å². The van der Waals surface area contributed by atoms with Crippen LogP contribution in [0.1, 0.15) is 118 Å². The Morgan fingerprint density at radius 3 is 0.840 bits per heavy atom. The molecule has 9 aromatic rings. The van der Waals surface area contributed by atoms with Crippen molar-refractivity contribution in [2.75, 3.05) is 52.9 Å². The lowest BCUT2D eigenvalue weighted by atomic mass is 9.80. The molecule has 2 heterocycles. The molecular weight excluding hydrogens is 1320 g/mol. The molecule has 9 aromatic carbocycles. The first kappa shape index (κ1) is 70.9. The fourth-order valence-corrected chi connectivity index (χ4v) is 12.5. The van der Waals surface area contributed by atoms with Crippen molar-refractivity contribution < 1.29 is 85.7 Å². The predicted octanol–water partition coefficient (Wildman–Crippen LogP) is 15.6. The molecule has 2 atom stereocenters. The molecule has 0 bridgehead atoms. The van der Waals surface area contributed by atoms with Crippen molar-refractivity contribution in [3.05, 3.63) is 189 Å². The van der Waals surface area contributed by atoms with Gasteiger partial charge in [0.15, 0.2) is 0 Å². The van der Waals surface area contributed by atoms with Crippen LogP contribution in [0.4, 0.5) is 0 Å². The number of fused-ring (bicyclic) bond motifs is 2. The first-order valence-electron chi connectivity index (χ1n) is 33.0. The van der Waals surface area contributed by atoms with E-state index >= 15 is 19.2 Å². The third-order valence-electron chi connectivity index (χ3n) is 17.4. The number of ether oxygens (including phenoxy) is 10. The summed E-state index contributed by atoms with van der Waals surface area (Å²) in [4.78, 5) is 120. The quantitative estimate of drug-likeness (QED) is 0.00724. The number of hydrogen-bond donors (Lipinski definition) is 0. The number of carbonyl (C=O) groups is 8. The number of imide groups is 2. The lowest BCUT2D eigenvalue weighted by Crippen LogP contribution is -2.51. The maximum absolute atomic E-state index is 16.1. The minimum absolute atomic E-state index is 0.00667. The van der Waals surface area contributed by atoms with Gasteiger partial charge in [-0.15, -0.1) is 0 Å². The molecule has 516 valence electrons. The highest BCUT2D eigenvalue weighted by molar-refractivity contribution is 6.45. The largest absolute Gasteiger partial charge is 0.461 e. The molecule has 0 aromatic heterocycles. The summed E-state index contributed by atoms with van der Waals surface area (Å²) in [5.41, 5.74) is 3.50. The Labute approximate surface area is 586 Å². The summed E-state index contributed by atoms with van der Waals surface area (Å²) in [6, 6.07) is 31.9. The van der Waals surface area contributed by atoms with Gasteiger partial charge in [0.2, 0.25) is 0 Å². The summed E-state index contributed by atoms with van der Waals surface area (Å²) in [5.74, 6) is -6.42. The predicted molar refractivity (Wildman–Crippen MR) is 376 cm³/mol. The standard InChI is InChI=1S/C78H72Cl2N2O18/c1-9-45-15-23-49(24-16-45)97-59-39-53-63-54(72(84)81(71(53)83)57(31-33-91-13-5)77(89)95-37-35-93-75(87)43(7)79)41-61(99-51-27-19-47(11-3)20-28-51)67-68-62(100-52-29-21-48(12-4)22-30-52)42-56-64-55(40-60(66(70(64)68)65(59)69(63)67)98-50-25-17-46(10-2)18-26-50)73(85)82(74(56)86)58(32-34-92-14-6)78(90)96-38-36-94-76(88)44(8)80/h15-30,39-42,57-58H,7-14,31-38H2,1-6H3. The number of hydrogen-bond acceptors (Lipinski definition) is 18. The molecule has 2 unspecified atom stereocenters. The van der Waals surface area contributed by atoms with E-state index in [1.165, 1.54) is 24.3 Å². The van der Waals surface area contributed by atoms with E-state index in [9.17, 15) is 19.2 Å². The Morgan fingerprint density at radius 1 is 0.360 bits per heavy atom. The summed E-state index contributed by atoms with van der Waals surface area (Å²) in [6.45, 7) is 16.6. The van der Waals surface area contributed by atoms with Crippen LogP contribution in [0.15, 0.2) is 145 Å². The number of amides is 4. The number of benzene rings is 9. The molecule has 0 N–H and O–H groups in total. The second kappa shape index (κ2) is 31.2. The summed E-state index contributed by atoms with van der Waals surface area (Å²) in [5, 5.41) is 0.641. The van der Waals surface area contributed by atoms with Crippen LogP contribution in [-0.4, -0.2) is 122 Å². The highest BCUT2D eigenvalue weighted by Crippen LogP contribution is 2.58. The van der Waals surface area contributed by atoms with E-state index < -0.39 is 96.1 Å². The second-order valence-electron chi connectivity index (χ2n) is 23.5. The van der Waals surface area contributed by atoms with Gasteiger partial charge in [0.25, 0.3) is 23.6 Å². The van der Waals surface area contributed by atoms with Crippen LogP contribution in [0, 0.1) is 0 Å². The molecule has 2 aliphatic heterocycles. The molecule has 0 saturated heterocycles. The van der Waals surface area contributed by atoms with E-state index in [4.69, 9.17) is 70.6 Å². The first-order chi connectivity index (χ1) is 48.3. The minimum atomic E-state index is -1.63. The lowest BCUT2D eigenvalue weighted by molar-refractivity contribution is -0.153. The molecule has 0 radical (unpaired) electrons. The van der Waals surface area contributed by atoms with Gasteiger partial charge >= 0.3 is 23.9 Å². The maximum atomic E-state index is 16.1. The van der Waals surface area contributed by atoms with Gasteiger partial charge in [-0.05, 0) is 135 Å². The van der Waals surface area contributed by atoms with Crippen molar-refractivity contribution >= 4 is 114 Å². The van der Waals surface area contributed by atoms with Crippen LogP contribution in [0.25, 0.3) is 43.1 Å². The Kier molecular flexibility index (Phi) is 22.1. The van der Waals surface area contributed by atoms with Crippen LogP contribution < -0.4 is 18.9 Å². The molecule has 22 heteroatoms. The second-order valence-corrected chi connectivity index (χ2v) is 24.4. The molecule has 20 nitrogen and oxygen atoms in total. The van der Waals surface area contributed by atoms with Crippen LogP contribution >= 0.6 is 23.2 Å². The van der Waals surface area contributed by atoms with Crippen LogP contribution in [-0.2, 0) is 73.3 Å². The highest BCUT2D eigenvalue weighted by Gasteiger charge is 2.47. The van der Waals surface area contributed by atoms with Crippen molar-refractivity contribution in [3.8, 4) is 46.0 Å². The lowest BCUT2D eigenvalue weighted by Gasteiger charge is -2.35. The summed E-state index contributed by atoms with van der Waals surface area (Å²) < 4.78 is 61.6. The van der Waals surface area contributed by atoms with Crippen molar-refractivity contribution in [1.29, 1.82) is 0 Å². The van der Waals surface area contributed by atoms with E-state index in [-0.39, 0.29) is 128 Å². The van der Waals surface area contributed by atoms with Crippen molar-refractivity contribution in [3.63, 3.8) is 0 Å². The van der Waals surface area contributed by atoms with Gasteiger partial charge in [-0.2, -0.15) is 0 Å². The van der Waals surface area contributed by atoms with E-state index in [1.54, 1.807) is 62.4 Å². The van der Waals surface area contributed by atoms with Crippen LogP contribution in [0.3, 0.4) is 0 Å². The molecule has 0 aliphatic carbocycles. The average molecular weight is 1400 g/mol. The fourth-order valence-electron chi connectivity index (χ4n) is 12.4. The molecule has 0 saturated carbocycles. The van der Waals surface area contributed by atoms with E-state index in [2.05, 4.69) is 13.2 Å². The molecule has 100 heavy (non-hydrogen) atoms. The van der Waals surface area contributed by atoms with Crippen molar-refractivity contribution in [2.45, 2.75) is 92.2 Å². The third-order valence-corrected chi connectivity index (χ3v) is 17.7. The summed E-state index contributed by atoms with van der Waals surface area (Å²) >= 11 is 11.5. The van der Waals surface area contributed by atoms with E-state index in [1.807, 2.05) is 76.2 Å². The molecular formula is C78H72Cl2N2O18. The van der Waals surface area contributed by atoms with Crippen molar-refractivity contribution in [1.82, 2.24) is 9.80 Å². The fraction of sp³-hybridized carbons (Fsp3) is 0.282. The zero-order valence-electron chi connectivity index (χ0n) is 56.0. The van der Waals surface area contributed by atoms with E-state index in [0.29, 0.717) is 48.7 Å². The maximum Gasteiger partial charge on any atom is 0.349 e. The topological polar surface area (TPSA) is 235 Å². The monoisotopic (exact) mass is 1390 g/mol. The van der Waals surface area contributed by atoms with Gasteiger partial charge in [-0.1, -0.05) is 113 Å². The average Bonchev–Trinajstić information content (AvgIpc) is 0.673.